The Hall–Kier alpha value is -0.120. The van der Waals surface area contributed by atoms with Crippen molar-refractivity contribution in [1.29, 1.82) is 0 Å². The van der Waals surface area contributed by atoms with Crippen molar-refractivity contribution in [3.8, 4) is 0 Å². The van der Waals surface area contributed by atoms with E-state index in [2.05, 4.69) is 19.2 Å². The number of aliphatic hydroxyl groups is 1. The minimum absolute atomic E-state index is 0.358. The molecule has 0 aromatic rings. The van der Waals surface area contributed by atoms with Crippen molar-refractivity contribution in [2.75, 3.05) is 19.7 Å². The van der Waals surface area contributed by atoms with Gasteiger partial charge in [0.2, 0.25) is 0 Å². The van der Waals surface area contributed by atoms with Gasteiger partial charge in [0.25, 0.3) is 0 Å². The number of hydrogen-bond acceptors (Lipinski definition) is 3. The second-order valence-electron chi connectivity index (χ2n) is 7.23. The molecule has 0 spiro atoms. The van der Waals surface area contributed by atoms with Crippen molar-refractivity contribution < 1.29 is 9.84 Å². The minimum atomic E-state index is -0.358. The Morgan fingerprint density at radius 3 is 2.65 bits per heavy atom. The summed E-state index contributed by atoms with van der Waals surface area (Å²) < 4.78 is 5.91. The standard InChI is InChI=1S/C17H33NO2/c1-13-7-8-15(9-13)10-18-11-16(19)12-20-17-6-4-3-5-14(17)2/h13-19H,3-12H2,1-2H3. The van der Waals surface area contributed by atoms with Crippen molar-refractivity contribution in [1.82, 2.24) is 5.32 Å². The molecule has 2 saturated carbocycles. The molecule has 2 aliphatic carbocycles. The molecule has 0 saturated heterocycles. The second kappa shape index (κ2) is 8.35. The zero-order valence-electron chi connectivity index (χ0n) is 13.3. The first-order valence-electron chi connectivity index (χ1n) is 8.65. The van der Waals surface area contributed by atoms with Crippen LogP contribution in [0.2, 0.25) is 0 Å². The highest BCUT2D eigenvalue weighted by molar-refractivity contribution is 4.76. The lowest BCUT2D eigenvalue weighted by Gasteiger charge is -2.29. The lowest BCUT2D eigenvalue weighted by Crippen LogP contribution is -2.35. The first-order chi connectivity index (χ1) is 9.65. The average molecular weight is 283 g/mol. The molecule has 20 heavy (non-hydrogen) atoms. The van der Waals surface area contributed by atoms with Gasteiger partial charge in [-0.2, -0.15) is 0 Å². The molecule has 0 aliphatic heterocycles. The largest absolute Gasteiger partial charge is 0.389 e. The molecular formula is C17H33NO2. The maximum Gasteiger partial charge on any atom is 0.0897 e. The van der Waals surface area contributed by atoms with E-state index in [4.69, 9.17) is 4.74 Å². The highest BCUT2D eigenvalue weighted by atomic mass is 16.5. The Bertz CT molecular complexity index is 272. The third kappa shape index (κ3) is 5.34. The van der Waals surface area contributed by atoms with Crippen LogP contribution in [0.4, 0.5) is 0 Å². The van der Waals surface area contributed by atoms with Gasteiger partial charge in [0.1, 0.15) is 0 Å². The maximum atomic E-state index is 10.0. The van der Waals surface area contributed by atoms with Gasteiger partial charge < -0.3 is 15.2 Å². The molecule has 2 aliphatic rings. The maximum absolute atomic E-state index is 10.0. The monoisotopic (exact) mass is 283 g/mol. The summed E-state index contributed by atoms with van der Waals surface area (Å²) in [6.07, 6.45) is 9.14. The van der Waals surface area contributed by atoms with E-state index < -0.39 is 0 Å². The summed E-state index contributed by atoms with van der Waals surface area (Å²) in [6.45, 7) is 6.83. The SMILES string of the molecule is CC1CCC(CNCC(O)COC2CCCCC2C)C1. The molecule has 118 valence electrons. The quantitative estimate of drug-likeness (QED) is 0.755. The van der Waals surface area contributed by atoms with Gasteiger partial charge in [0.15, 0.2) is 0 Å². The van der Waals surface area contributed by atoms with Gasteiger partial charge in [0, 0.05) is 6.54 Å². The molecule has 2 fully saturated rings. The molecule has 0 radical (unpaired) electrons. The van der Waals surface area contributed by atoms with Crippen LogP contribution in [-0.2, 0) is 4.74 Å². The normalized spacial score (nSPS) is 36.1. The first-order valence-corrected chi connectivity index (χ1v) is 8.65. The summed E-state index contributed by atoms with van der Waals surface area (Å²) >= 11 is 0. The van der Waals surface area contributed by atoms with E-state index in [1.807, 2.05) is 0 Å². The molecule has 2 N–H and O–H groups in total. The summed E-state index contributed by atoms with van der Waals surface area (Å²) in [5.41, 5.74) is 0. The summed E-state index contributed by atoms with van der Waals surface area (Å²) in [7, 11) is 0. The fourth-order valence-electron chi connectivity index (χ4n) is 3.79. The Morgan fingerprint density at radius 2 is 1.95 bits per heavy atom. The predicted octanol–water partition coefficient (Wildman–Crippen LogP) is 2.97. The first kappa shape index (κ1) is 16.3. The Morgan fingerprint density at radius 1 is 1.15 bits per heavy atom. The van der Waals surface area contributed by atoms with Crippen molar-refractivity contribution in [3.05, 3.63) is 0 Å². The van der Waals surface area contributed by atoms with Crippen molar-refractivity contribution in [2.24, 2.45) is 17.8 Å². The third-order valence-corrected chi connectivity index (χ3v) is 5.15. The van der Waals surface area contributed by atoms with Gasteiger partial charge in [-0.15, -0.1) is 0 Å². The van der Waals surface area contributed by atoms with Gasteiger partial charge in [-0.1, -0.05) is 33.1 Å². The van der Waals surface area contributed by atoms with E-state index in [1.165, 1.54) is 44.9 Å². The average Bonchev–Trinajstić information content (AvgIpc) is 2.83. The predicted molar refractivity (Wildman–Crippen MR) is 82.8 cm³/mol. The van der Waals surface area contributed by atoms with Gasteiger partial charge in [0.05, 0.1) is 18.8 Å². The van der Waals surface area contributed by atoms with E-state index in [-0.39, 0.29) is 6.10 Å². The fraction of sp³-hybridized carbons (Fsp3) is 1.00. The van der Waals surface area contributed by atoms with Gasteiger partial charge in [-0.25, -0.2) is 0 Å². The van der Waals surface area contributed by atoms with Crippen LogP contribution in [0.25, 0.3) is 0 Å². The molecule has 3 nitrogen and oxygen atoms in total. The van der Waals surface area contributed by atoms with Gasteiger partial charge in [-0.05, 0) is 50.0 Å². The molecule has 5 atom stereocenters. The van der Waals surface area contributed by atoms with Crippen LogP contribution in [-0.4, -0.2) is 37.0 Å². The molecule has 0 bridgehead atoms. The Kier molecular flexibility index (Phi) is 6.79. The highest BCUT2D eigenvalue weighted by Crippen LogP contribution is 2.29. The number of rotatable bonds is 7. The topological polar surface area (TPSA) is 41.5 Å². The third-order valence-electron chi connectivity index (χ3n) is 5.15. The Balaban J connectivity index is 1.52. The lowest BCUT2D eigenvalue weighted by atomic mass is 9.88. The van der Waals surface area contributed by atoms with E-state index in [9.17, 15) is 5.11 Å². The second-order valence-corrected chi connectivity index (χ2v) is 7.23. The molecular weight excluding hydrogens is 250 g/mol. The number of hydrogen-bond donors (Lipinski definition) is 2. The summed E-state index contributed by atoms with van der Waals surface area (Å²) in [5, 5.41) is 13.4. The molecule has 0 heterocycles. The van der Waals surface area contributed by atoms with Crippen LogP contribution in [0, 0.1) is 17.8 Å². The van der Waals surface area contributed by atoms with E-state index in [0.29, 0.717) is 25.2 Å². The van der Waals surface area contributed by atoms with Crippen LogP contribution in [0.3, 0.4) is 0 Å². The number of aliphatic hydroxyl groups excluding tert-OH is 1. The van der Waals surface area contributed by atoms with Gasteiger partial charge >= 0.3 is 0 Å². The van der Waals surface area contributed by atoms with Crippen LogP contribution in [0.15, 0.2) is 0 Å². The summed E-state index contributed by atoms with van der Waals surface area (Å²) in [5.74, 6) is 2.36. The summed E-state index contributed by atoms with van der Waals surface area (Å²) in [6, 6.07) is 0. The number of nitrogens with one attached hydrogen (secondary N) is 1. The van der Waals surface area contributed by atoms with Crippen LogP contribution >= 0.6 is 0 Å². The van der Waals surface area contributed by atoms with Crippen molar-refractivity contribution >= 4 is 0 Å². The molecule has 0 aromatic carbocycles. The molecule has 0 amide bonds. The zero-order chi connectivity index (χ0) is 14.4. The van der Waals surface area contributed by atoms with Crippen molar-refractivity contribution in [2.45, 2.75) is 71.0 Å². The molecule has 3 heteroatoms. The summed E-state index contributed by atoms with van der Waals surface area (Å²) in [4.78, 5) is 0. The van der Waals surface area contributed by atoms with E-state index in [0.717, 1.165) is 18.4 Å². The van der Waals surface area contributed by atoms with E-state index in [1.54, 1.807) is 0 Å². The lowest BCUT2D eigenvalue weighted by molar-refractivity contribution is -0.0452. The number of ether oxygens (including phenoxy) is 1. The van der Waals surface area contributed by atoms with Crippen LogP contribution in [0.5, 0.6) is 0 Å². The van der Waals surface area contributed by atoms with E-state index >= 15 is 0 Å². The molecule has 2 rings (SSSR count). The van der Waals surface area contributed by atoms with Crippen LogP contribution < -0.4 is 5.32 Å². The van der Waals surface area contributed by atoms with Crippen molar-refractivity contribution in [3.63, 3.8) is 0 Å². The van der Waals surface area contributed by atoms with Crippen LogP contribution in [0.1, 0.15) is 58.8 Å². The van der Waals surface area contributed by atoms with Gasteiger partial charge in [-0.3, -0.25) is 0 Å². The molecule has 0 aromatic heterocycles. The Labute approximate surface area is 124 Å². The fourth-order valence-corrected chi connectivity index (χ4v) is 3.79. The zero-order valence-corrected chi connectivity index (χ0v) is 13.3. The molecule has 5 unspecified atom stereocenters. The highest BCUT2D eigenvalue weighted by Gasteiger charge is 2.23. The minimum Gasteiger partial charge on any atom is -0.389 e. The smallest absolute Gasteiger partial charge is 0.0897 e.